The van der Waals surface area contributed by atoms with E-state index in [-0.39, 0.29) is 11.5 Å². The highest BCUT2D eigenvalue weighted by molar-refractivity contribution is 8.28. The van der Waals surface area contributed by atoms with E-state index in [9.17, 15) is 14.9 Å². The first kappa shape index (κ1) is 19.0. The highest BCUT2D eigenvalue weighted by atomic mass is 35.5. The van der Waals surface area contributed by atoms with E-state index in [1.54, 1.807) is 48.4 Å². The normalized spacial score (nSPS) is 15.6. The fourth-order valence-corrected chi connectivity index (χ4v) is 3.71. The maximum atomic E-state index is 11.7. The molecule has 2 aromatic carbocycles. The number of rotatable bonds is 6. The first-order valence-electron chi connectivity index (χ1n) is 8.02. The number of non-ortho nitro benzene ring substituents is 1. The predicted octanol–water partition coefficient (Wildman–Crippen LogP) is 5.29. The monoisotopic (exact) mass is 402 g/mol. The van der Waals surface area contributed by atoms with Crippen molar-refractivity contribution >= 4 is 50.4 Å². The number of carbonyl (C=O) groups is 1. The van der Waals surface area contributed by atoms with E-state index in [0.717, 1.165) is 11.3 Å². The Morgan fingerprint density at radius 3 is 2.67 bits per heavy atom. The van der Waals surface area contributed by atoms with Crippen molar-refractivity contribution in [2.75, 3.05) is 0 Å². The molecule has 0 radical (unpaired) electrons. The zero-order chi connectivity index (χ0) is 19.4. The number of hydrogen-bond acceptors (Lipinski definition) is 5. The Labute approximate surface area is 163 Å². The van der Waals surface area contributed by atoms with Crippen molar-refractivity contribution < 1.29 is 14.5 Å². The minimum atomic E-state index is -0.440. The van der Waals surface area contributed by atoms with E-state index >= 15 is 0 Å². The number of aliphatic imine (C=N–C) groups is 1. The summed E-state index contributed by atoms with van der Waals surface area (Å²) in [5, 5.41) is 13.0. The highest BCUT2D eigenvalue weighted by Gasteiger charge is 2.11. The van der Waals surface area contributed by atoms with Gasteiger partial charge in [-0.3, -0.25) is 14.9 Å². The molecule has 0 saturated carbocycles. The average Bonchev–Trinajstić information content (AvgIpc) is 3.15. The van der Waals surface area contributed by atoms with Gasteiger partial charge in [-0.05, 0) is 24.3 Å². The van der Waals surface area contributed by atoms with Crippen LogP contribution in [0.4, 0.5) is 5.69 Å². The highest BCUT2D eigenvalue weighted by Crippen LogP contribution is 2.30. The second-order valence-corrected chi connectivity index (χ2v) is 7.44. The van der Waals surface area contributed by atoms with Crippen molar-refractivity contribution in [2.24, 2.45) is 4.99 Å². The summed E-state index contributed by atoms with van der Waals surface area (Å²) in [4.78, 5) is 26.4. The largest absolute Gasteiger partial charge is 0.458 e. The number of ketones is 1. The lowest BCUT2D eigenvalue weighted by Gasteiger charge is -2.05. The molecule has 1 unspecified atom stereocenters. The van der Waals surface area contributed by atoms with Gasteiger partial charge in [0.15, 0.2) is 5.78 Å². The molecular formula is C19H15ClN2O4S. The van der Waals surface area contributed by atoms with Gasteiger partial charge in [-0.15, -0.1) is 0 Å². The van der Waals surface area contributed by atoms with Crippen molar-refractivity contribution in [1.82, 2.24) is 0 Å². The fraction of sp³-hybridized carbons (Fsp3) is 0.105. The van der Waals surface area contributed by atoms with Crippen LogP contribution < -0.4 is 4.74 Å². The van der Waals surface area contributed by atoms with Crippen LogP contribution in [0.1, 0.15) is 29.3 Å². The molecule has 1 aliphatic heterocycles. The van der Waals surface area contributed by atoms with Crippen LogP contribution in [0.15, 0.2) is 52.9 Å². The third kappa shape index (κ3) is 4.50. The lowest BCUT2D eigenvalue weighted by Crippen LogP contribution is -1.98. The van der Waals surface area contributed by atoms with Gasteiger partial charge in [0.1, 0.15) is 11.3 Å². The van der Waals surface area contributed by atoms with Crippen molar-refractivity contribution in [3.8, 4) is 5.75 Å². The van der Waals surface area contributed by atoms with E-state index in [4.69, 9.17) is 16.3 Å². The second kappa shape index (κ2) is 8.28. The van der Waals surface area contributed by atoms with E-state index in [2.05, 4.69) is 4.99 Å². The van der Waals surface area contributed by atoms with Crippen molar-refractivity contribution in [3.63, 3.8) is 0 Å². The molecule has 1 heterocycles. The number of nitrogens with zero attached hydrogens (tertiary/aromatic N) is 2. The van der Waals surface area contributed by atoms with Gasteiger partial charge in [0.25, 0.3) is 5.69 Å². The Morgan fingerprint density at radius 2 is 2.04 bits per heavy atom. The number of ether oxygens (including phenoxy) is 1. The van der Waals surface area contributed by atoms with Crippen molar-refractivity contribution in [3.05, 3.63) is 74.1 Å². The number of benzene rings is 2. The van der Waals surface area contributed by atoms with E-state index < -0.39 is 15.4 Å². The van der Waals surface area contributed by atoms with Gasteiger partial charge in [-0.25, -0.2) is 4.99 Å². The first-order chi connectivity index (χ1) is 13.0. The smallest absolute Gasteiger partial charge is 0.269 e. The maximum absolute atomic E-state index is 11.7. The van der Waals surface area contributed by atoms with Crippen LogP contribution >= 0.6 is 22.1 Å². The second-order valence-electron chi connectivity index (χ2n) is 5.58. The van der Waals surface area contributed by atoms with E-state index in [1.807, 2.05) is 5.41 Å². The molecule has 0 saturated heterocycles. The van der Waals surface area contributed by atoms with Crippen LogP contribution in [0.25, 0.3) is 5.70 Å². The molecule has 1 atom stereocenters. The SMILES string of the molecule is CCC(=O)c1ccc(OC=S2C=NC(c3ccc([N+](=O)[O-])cc3)=C2)cc1Cl. The standard InChI is InChI=1S/C19H15ClN2O4S/c1-2-19(23)16-8-7-15(9-17(16)20)26-12-27-10-18(21-11-27)13-3-5-14(6-4-13)22(24)25/h3-12H,2H2,1H3. The summed E-state index contributed by atoms with van der Waals surface area (Å²) in [5.41, 5.74) is 5.43. The van der Waals surface area contributed by atoms with Crippen LogP contribution in [0.3, 0.4) is 0 Å². The molecule has 138 valence electrons. The molecule has 8 heteroatoms. The molecule has 0 bridgehead atoms. The Bertz CT molecular complexity index is 997. The van der Waals surface area contributed by atoms with Gasteiger partial charge >= 0.3 is 0 Å². The zero-order valence-corrected chi connectivity index (χ0v) is 15.9. The molecule has 0 amide bonds. The summed E-state index contributed by atoms with van der Waals surface area (Å²) >= 11 is 6.14. The Morgan fingerprint density at radius 1 is 1.30 bits per heavy atom. The number of hydrogen-bond donors (Lipinski definition) is 0. The summed E-state index contributed by atoms with van der Waals surface area (Å²) in [6, 6.07) is 11.2. The number of halogens is 1. The van der Waals surface area contributed by atoms with Crippen molar-refractivity contribution in [1.29, 1.82) is 0 Å². The molecule has 27 heavy (non-hydrogen) atoms. The maximum Gasteiger partial charge on any atom is 0.269 e. The molecule has 0 aromatic heterocycles. The molecule has 0 spiro atoms. The van der Waals surface area contributed by atoms with Gasteiger partial charge in [0, 0.05) is 41.2 Å². The van der Waals surface area contributed by atoms with Crippen LogP contribution in [0.2, 0.25) is 5.02 Å². The summed E-state index contributed by atoms with van der Waals surface area (Å²) < 4.78 is 5.64. The van der Waals surface area contributed by atoms with Crippen LogP contribution in [0.5, 0.6) is 5.75 Å². The number of nitro benzene ring substituents is 1. The molecule has 2 aromatic rings. The molecule has 0 aliphatic carbocycles. The summed E-state index contributed by atoms with van der Waals surface area (Å²) in [7, 11) is -0.440. The lowest BCUT2D eigenvalue weighted by molar-refractivity contribution is -0.384. The predicted molar refractivity (Wildman–Crippen MR) is 110 cm³/mol. The van der Waals surface area contributed by atoms with Crippen LogP contribution in [0, 0.1) is 10.1 Å². The fourth-order valence-electron chi connectivity index (χ4n) is 2.35. The summed E-state index contributed by atoms with van der Waals surface area (Å²) in [5.74, 6) is 0.516. The minimum absolute atomic E-state index is 0.0176. The summed E-state index contributed by atoms with van der Waals surface area (Å²) in [6.45, 7) is 1.78. The first-order valence-corrected chi connectivity index (χ1v) is 9.81. The van der Waals surface area contributed by atoms with Crippen LogP contribution in [-0.2, 0) is 0 Å². The van der Waals surface area contributed by atoms with Crippen molar-refractivity contribution in [2.45, 2.75) is 13.3 Å². The minimum Gasteiger partial charge on any atom is -0.458 e. The van der Waals surface area contributed by atoms with E-state index in [1.165, 1.54) is 12.1 Å². The zero-order valence-electron chi connectivity index (χ0n) is 14.3. The van der Waals surface area contributed by atoms with Crippen LogP contribution in [-0.4, -0.2) is 21.8 Å². The Balaban J connectivity index is 1.72. The van der Waals surface area contributed by atoms with Gasteiger partial charge < -0.3 is 4.74 Å². The summed E-state index contributed by atoms with van der Waals surface area (Å²) in [6.07, 6.45) is 0.391. The molecular weight excluding hydrogens is 388 g/mol. The van der Waals surface area contributed by atoms with Gasteiger partial charge in [-0.1, -0.05) is 29.0 Å². The van der Waals surface area contributed by atoms with E-state index in [0.29, 0.717) is 22.8 Å². The molecule has 0 N–H and O–H groups in total. The Kier molecular flexibility index (Phi) is 5.83. The third-order valence-electron chi connectivity index (χ3n) is 3.79. The van der Waals surface area contributed by atoms with Gasteiger partial charge in [0.05, 0.1) is 21.2 Å². The number of Topliss-reactive ketones (excluding diaryl/α,β-unsaturated/α-hetero) is 1. The number of carbonyl (C=O) groups excluding carboxylic acids is 1. The average molecular weight is 403 g/mol. The molecule has 6 nitrogen and oxygen atoms in total. The molecule has 1 aliphatic rings. The third-order valence-corrected chi connectivity index (χ3v) is 5.27. The van der Waals surface area contributed by atoms with Gasteiger partial charge in [0.2, 0.25) is 0 Å². The molecule has 0 fully saturated rings. The van der Waals surface area contributed by atoms with Gasteiger partial charge in [-0.2, -0.15) is 0 Å². The Hall–Kier alpha value is -2.77. The lowest BCUT2D eigenvalue weighted by atomic mass is 10.1. The molecule has 3 rings (SSSR count). The topological polar surface area (TPSA) is 81.8 Å². The number of nitro groups is 1. The quantitative estimate of drug-likeness (QED) is 0.284.